The van der Waals surface area contributed by atoms with Crippen LogP contribution in [-0.2, 0) is 22.4 Å². The largest absolute Gasteiger partial charge is 0.507 e. The Bertz CT molecular complexity index is 1710. The zero-order valence-corrected chi connectivity index (χ0v) is 22.6. The third-order valence-electron chi connectivity index (χ3n) is 7.24. The van der Waals surface area contributed by atoms with Crippen molar-refractivity contribution in [1.82, 2.24) is 14.5 Å². The molecule has 0 bridgehead atoms. The van der Waals surface area contributed by atoms with Gasteiger partial charge in [-0.2, -0.15) is 0 Å². The molecule has 204 valence electrons. The lowest BCUT2D eigenvalue weighted by atomic mass is 9.91. The first-order chi connectivity index (χ1) is 19.2. The summed E-state index contributed by atoms with van der Waals surface area (Å²) in [6.07, 6.45) is -0.928. The minimum Gasteiger partial charge on any atom is -0.450 e. The van der Waals surface area contributed by atoms with Crippen LogP contribution in [0, 0.1) is 0 Å². The van der Waals surface area contributed by atoms with Crippen molar-refractivity contribution < 1.29 is 24.2 Å². The summed E-state index contributed by atoms with van der Waals surface area (Å²) in [6.45, 7) is 6.00. The van der Waals surface area contributed by atoms with E-state index in [1.54, 1.807) is 20.8 Å². The molecule has 0 spiro atoms. The number of aromatic amines is 1. The van der Waals surface area contributed by atoms with Crippen LogP contribution < -0.4 is 0 Å². The van der Waals surface area contributed by atoms with Gasteiger partial charge in [-0.05, 0) is 44.0 Å². The van der Waals surface area contributed by atoms with E-state index in [4.69, 9.17) is 9.47 Å². The molecule has 1 amide bonds. The molecular formula is C32H31N3O5. The summed E-state index contributed by atoms with van der Waals surface area (Å²) in [5.41, 5.74) is 4.85. The number of carbonyl (C=O) groups is 2. The molecule has 2 atom stereocenters. The monoisotopic (exact) mass is 537 g/mol. The number of carbonyl (C=O) groups excluding carboxylic acids is 1. The Hall–Kier alpha value is -4.72. The highest BCUT2D eigenvalue weighted by Crippen LogP contribution is 2.44. The number of ether oxygens (including phenoxy) is 2. The van der Waals surface area contributed by atoms with Crippen molar-refractivity contribution in [2.45, 2.75) is 51.6 Å². The number of hydrogen-bond acceptors (Lipinski definition) is 4. The van der Waals surface area contributed by atoms with E-state index in [0.717, 1.165) is 44.2 Å². The predicted octanol–water partition coefficient (Wildman–Crippen LogP) is 7.07. The summed E-state index contributed by atoms with van der Waals surface area (Å²) in [7, 11) is 0. The second-order valence-corrected chi connectivity index (χ2v) is 11.1. The first-order valence-electron chi connectivity index (χ1n) is 13.3. The first kappa shape index (κ1) is 25.6. The van der Waals surface area contributed by atoms with E-state index in [0.29, 0.717) is 6.54 Å². The quantitative estimate of drug-likeness (QED) is 0.239. The predicted molar refractivity (Wildman–Crippen MR) is 152 cm³/mol. The Morgan fingerprint density at radius 1 is 0.950 bits per heavy atom. The molecule has 8 heteroatoms. The molecule has 3 aromatic carbocycles. The van der Waals surface area contributed by atoms with E-state index in [1.165, 1.54) is 4.90 Å². The number of hydrogen-bond donors (Lipinski definition) is 2. The van der Waals surface area contributed by atoms with Gasteiger partial charge < -0.3 is 24.1 Å². The molecule has 1 aliphatic heterocycles. The molecule has 8 nitrogen and oxygen atoms in total. The number of nitrogens with zero attached hydrogens (tertiary/aromatic N) is 2. The lowest BCUT2D eigenvalue weighted by Crippen LogP contribution is -2.51. The van der Waals surface area contributed by atoms with Gasteiger partial charge in [-0.15, -0.1) is 0 Å². The van der Waals surface area contributed by atoms with Crippen molar-refractivity contribution in [3.63, 3.8) is 0 Å². The van der Waals surface area contributed by atoms with E-state index in [9.17, 15) is 14.7 Å². The molecule has 2 N–H and O–H groups in total. The lowest BCUT2D eigenvalue weighted by Gasteiger charge is -2.41. The molecule has 5 aromatic rings. The number of carboxylic acid groups (broad SMARTS) is 1. The Balaban J connectivity index is 1.59. The number of rotatable bonds is 4. The molecule has 0 saturated carbocycles. The number of nitrogens with one attached hydrogen (secondary N) is 1. The van der Waals surface area contributed by atoms with Crippen LogP contribution in [0.4, 0.5) is 9.59 Å². The van der Waals surface area contributed by atoms with Gasteiger partial charge in [0, 0.05) is 52.2 Å². The van der Waals surface area contributed by atoms with Crippen LogP contribution in [-0.4, -0.2) is 43.6 Å². The Kier molecular flexibility index (Phi) is 6.25. The number of para-hydroxylation sites is 2. The molecule has 0 radical (unpaired) electrons. The van der Waals surface area contributed by atoms with Gasteiger partial charge in [0.05, 0.1) is 0 Å². The zero-order valence-electron chi connectivity index (χ0n) is 22.6. The number of H-pyrrole nitrogens is 1. The fraction of sp³-hybridized carbons (Fsp3) is 0.250. The summed E-state index contributed by atoms with van der Waals surface area (Å²) in [4.78, 5) is 30.7. The number of fused-ring (bicyclic) bond motifs is 4. The molecule has 1 aliphatic rings. The van der Waals surface area contributed by atoms with Gasteiger partial charge in [0.25, 0.3) is 0 Å². The van der Waals surface area contributed by atoms with E-state index in [1.807, 2.05) is 60.7 Å². The van der Waals surface area contributed by atoms with Gasteiger partial charge >= 0.3 is 12.2 Å². The Labute approximate surface area is 231 Å². The average Bonchev–Trinajstić information content (AvgIpc) is 3.46. The van der Waals surface area contributed by atoms with Gasteiger partial charge in [0.2, 0.25) is 0 Å². The van der Waals surface area contributed by atoms with E-state index in [-0.39, 0.29) is 6.42 Å². The summed E-state index contributed by atoms with van der Waals surface area (Å²) in [6, 6.07) is 25.4. The van der Waals surface area contributed by atoms with Crippen LogP contribution in [0.15, 0.2) is 85.1 Å². The minimum atomic E-state index is -1.45. The third kappa shape index (κ3) is 4.66. The maximum absolute atomic E-state index is 13.9. The van der Waals surface area contributed by atoms with Gasteiger partial charge in [0.1, 0.15) is 11.6 Å². The smallest absolute Gasteiger partial charge is 0.450 e. The van der Waals surface area contributed by atoms with Gasteiger partial charge in [-0.3, -0.25) is 4.90 Å². The van der Waals surface area contributed by atoms with E-state index >= 15 is 0 Å². The molecule has 0 fully saturated rings. The topological polar surface area (TPSA) is 96.8 Å². The van der Waals surface area contributed by atoms with Crippen molar-refractivity contribution in [2.24, 2.45) is 0 Å². The van der Waals surface area contributed by atoms with E-state index in [2.05, 4.69) is 33.9 Å². The second-order valence-electron chi connectivity index (χ2n) is 11.1. The van der Waals surface area contributed by atoms with Crippen LogP contribution in [0.1, 0.15) is 49.2 Å². The highest BCUT2D eigenvalue weighted by Gasteiger charge is 2.45. The van der Waals surface area contributed by atoms with Crippen LogP contribution in [0.5, 0.6) is 0 Å². The van der Waals surface area contributed by atoms with Crippen LogP contribution in [0.25, 0.3) is 21.8 Å². The molecule has 3 heterocycles. The fourth-order valence-corrected chi connectivity index (χ4v) is 5.71. The van der Waals surface area contributed by atoms with Crippen molar-refractivity contribution in [3.05, 3.63) is 107 Å². The molecule has 1 unspecified atom stereocenters. The average molecular weight is 538 g/mol. The zero-order chi connectivity index (χ0) is 28.0. The van der Waals surface area contributed by atoms with Crippen LogP contribution in [0.3, 0.4) is 0 Å². The normalized spacial score (nSPS) is 17.1. The lowest BCUT2D eigenvalue weighted by molar-refractivity contribution is -0.0646. The third-order valence-corrected chi connectivity index (χ3v) is 7.24. The SMILES string of the molecule is CC(C)(C)OC(=O)N1C(c2cn(Cc3ccccc3)c3ccccc23)c2[nH]c3ccccc3c2C[C@H]1OC(=O)O. The van der Waals surface area contributed by atoms with Gasteiger partial charge in [0.15, 0.2) is 6.23 Å². The molecule has 2 aromatic heterocycles. The summed E-state index contributed by atoms with van der Waals surface area (Å²) in [5.74, 6) is 0. The van der Waals surface area contributed by atoms with Crippen molar-refractivity contribution >= 4 is 34.1 Å². The van der Waals surface area contributed by atoms with Gasteiger partial charge in [-0.1, -0.05) is 66.7 Å². The highest BCUT2D eigenvalue weighted by atomic mass is 16.7. The molecule has 0 aliphatic carbocycles. The number of aromatic nitrogens is 2. The summed E-state index contributed by atoms with van der Waals surface area (Å²) < 4.78 is 13.4. The van der Waals surface area contributed by atoms with Gasteiger partial charge in [-0.25, -0.2) is 9.59 Å². The van der Waals surface area contributed by atoms with Crippen molar-refractivity contribution in [1.29, 1.82) is 0 Å². The summed E-state index contributed by atoms with van der Waals surface area (Å²) in [5, 5.41) is 11.6. The second kappa shape index (κ2) is 9.79. The molecule has 40 heavy (non-hydrogen) atoms. The van der Waals surface area contributed by atoms with Crippen LogP contribution in [0.2, 0.25) is 0 Å². The standard InChI is InChI=1S/C32H31N3O5/c1-32(2,3)40-30(36)35-27(39-31(37)38)17-23-21-13-7-9-15-25(21)33-28(23)29(35)24-19-34(18-20-11-5-4-6-12-20)26-16-10-8-14-22(24)26/h4-16,19,27,29,33H,17-18H2,1-3H3,(H,37,38)/t27-,29?/m1/s1. The van der Waals surface area contributed by atoms with Crippen LogP contribution >= 0.6 is 0 Å². The molecule has 6 rings (SSSR count). The molecular weight excluding hydrogens is 506 g/mol. The maximum Gasteiger partial charge on any atom is 0.507 e. The Morgan fingerprint density at radius 2 is 1.62 bits per heavy atom. The summed E-state index contributed by atoms with van der Waals surface area (Å²) >= 11 is 0. The maximum atomic E-state index is 13.9. The number of benzene rings is 3. The van der Waals surface area contributed by atoms with E-state index < -0.39 is 30.1 Å². The van der Waals surface area contributed by atoms with Crippen molar-refractivity contribution in [3.8, 4) is 0 Å². The number of amides is 1. The first-order valence-corrected chi connectivity index (χ1v) is 13.3. The fourth-order valence-electron chi connectivity index (χ4n) is 5.71. The highest BCUT2D eigenvalue weighted by molar-refractivity contribution is 5.89. The Morgan fingerprint density at radius 3 is 2.35 bits per heavy atom. The van der Waals surface area contributed by atoms with Crippen molar-refractivity contribution in [2.75, 3.05) is 0 Å². The molecule has 0 saturated heterocycles. The minimum absolute atomic E-state index is 0.198.